The maximum absolute atomic E-state index is 12.7. The van der Waals surface area contributed by atoms with E-state index in [0.717, 1.165) is 47.3 Å². The number of ketones is 1. The summed E-state index contributed by atoms with van der Waals surface area (Å²) in [5.74, 6) is 1.12. The van der Waals surface area contributed by atoms with E-state index < -0.39 is 0 Å². The molecule has 0 amide bonds. The van der Waals surface area contributed by atoms with Crippen molar-refractivity contribution in [1.82, 2.24) is 0 Å². The maximum atomic E-state index is 12.7. The predicted octanol–water partition coefficient (Wildman–Crippen LogP) is 4.62. The van der Waals surface area contributed by atoms with Crippen LogP contribution in [0.3, 0.4) is 0 Å². The summed E-state index contributed by atoms with van der Waals surface area (Å²) in [7, 11) is 1.64. The third-order valence-electron chi connectivity index (χ3n) is 4.14. The number of hydrogen-bond donors (Lipinski definition) is 1. The molecule has 0 heterocycles. The van der Waals surface area contributed by atoms with Gasteiger partial charge in [0, 0.05) is 11.1 Å². The van der Waals surface area contributed by atoms with Crippen LogP contribution < -0.4 is 4.74 Å². The molecule has 0 unspecified atom stereocenters. The molecule has 0 saturated heterocycles. The Hall–Kier alpha value is -2.81. The lowest BCUT2D eigenvalue weighted by atomic mass is 9.87. The topological polar surface area (TPSA) is 46.5 Å². The molecule has 1 aliphatic carbocycles. The molecule has 0 bridgehead atoms. The number of carbonyl (C=O) groups excluding carboxylic acids is 1. The molecule has 2 aromatic carbocycles. The van der Waals surface area contributed by atoms with Crippen LogP contribution in [-0.2, 0) is 4.79 Å². The van der Waals surface area contributed by atoms with Gasteiger partial charge in [-0.25, -0.2) is 0 Å². The maximum Gasteiger partial charge on any atom is 0.185 e. The molecular weight excluding hydrogens is 300 g/mol. The molecule has 122 valence electrons. The van der Waals surface area contributed by atoms with E-state index in [0.29, 0.717) is 0 Å². The van der Waals surface area contributed by atoms with Crippen molar-refractivity contribution in [1.29, 1.82) is 0 Å². The van der Waals surface area contributed by atoms with Crippen molar-refractivity contribution in [3.05, 3.63) is 70.8 Å². The SMILES string of the molecule is COc1cccc(C=C2CCCC(=Cc3ccc(O)cc3)C2=O)c1. The normalized spacial score (nSPS) is 18.1. The molecule has 3 heteroatoms. The van der Waals surface area contributed by atoms with E-state index in [1.807, 2.05) is 48.6 Å². The number of phenols is 1. The van der Waals surface area contributed by atoms with Gasteiger partial charge in [-0.2, -0.15) is 0 Å². The van der Waals surface area contributed by atoms with Crippen molar-refractivity contribution in [3.63, 3.8) is 0 Å². The Morgan fingerprint density at radius 1 is 0.958 bits per heavy atom. The number of hydrogen-bond acceptors (Lipinski definition) is 3. The summed E-state index contributed by atoms with van der Waals surface area (Å²) in [4.78, 5) is 12.7. The van der Waals surface area contributed by atoms with Gasteiger partial charge in [-0.15, -0.1) is 0 Å². The predicted molar refractivity (Wildman–Crippen MR) is 95.9 cm³/mol. The van der Waals surface area contributed by atoms with Crippen molar-refractivity contribution >= 4 is 17.9 Å². The van der Waals surface area contributed by atoms with Crippen LogP contribution >= 0.6 is 0 Å². The van der Waals surface area contributed by atoms with Crippen molar-refractivity contribution in [2.24, 2.45) is 0 Å². The number of methoxy groups -OCH3 is 1. The standard InChI is InChI=1S/C21H20O3/c1-24-20-7-2-4-16(14-20)13-18-6-3-5-17(21(18)23)12-15-8-10-19(22)11-9-15/h2,4,7-14,22H,3,5-6H2,1H3. The average Bonchev–Trinajstić information content (AvgIpc) is 2.60. The van der Waals surface area contributed by atoms with E-state index in [9.17, 15) is 9.90 Å². The Morgan fingerprint density at radius 3 is 2.29 bits per heavy atom. The third kappa shape index (κ3) is 3.74. The lowest BCUT2D eigenvalue weighted by Crippen LogP contribution is -2.12. The largest absolute Gasteiger partial charge is 0.508 e. The number of rotatable bonds is 3. The van der Waals surface area contributed by atoms with E-state index in [1.165, 1.54) is 0 Å². The van der Waals surface area contributed by atoms with Crippen LogP contribution in [0.5, 0.6) is 11.5 Å². The second-order valence-corrected chi connectivity index (χ2v) is 5.89. The number of aromatic hydroxyl groups is 1. The first-order valence-corrected chi connectivity index (χ1v) is 8.04. The fourth-order valence-electron chi connectivity index (χ4n) is 2.88. The van der Waals surface area contributed by atoms with Crippen LogP contribution in [0.15, 0.2) is 59.7 Å². The van der Waals surface area contributed by atoms with Crippen molar-refractivity contribution in [3.8, 4) is 11.5 Å². The Balaban J connectivity index is 1.86. The first kappa shape index (κ1) is 16.1. The highest BCUT2D eigenvalue weighted by Crippen LogP contribution is 2.28. The van der Waals surface area contributed by atoms with E-state index in [1.54, 1.807) is 19.2 Å². The van der Waals surface area contributed by atoms with Crippen molar-refractivity contribution in [2.75, 3.05) is 7.11 Å². The van der Waals surface area contributed by atoms with E-state index in [2.05, 4.69) is 0 Å². The molecule has 1 N–H and O–H groups in total. The molecule has 3 nitrogen and oxygen atoms in total. The van der Waals surface area contributed by atoms with Crippen LogP contribution in [0.2, 0.25) is 0 Å². The molecule has 0 radical (unpaired) electrons. The van der Waals surface area contributed by atoms with Gasteiger partial charge in [0.2, 0.25) is 0 Å². The zero-order valence-electron chi connectivity index (χ0n) is 13.7. The molecule has 1 fully saturated rings. The van der Waals surface area contributed by atoms with Crippen molar-refractivity contribution in [2.45, 2.75) is 19.3 Å². The zero-order chi connectivity index (χ0) is 16.9. The van der Waals surface area contributed by atoms with E-state index in [4.69, 9.17) is 4.74 Å². The van der Waals surface area contributed by atoms with Gasteiger partial charge in [-0.05, 0) is 66.8 Å². The number of Topliss-reactive ketones (excluding diaryl/α,β-unsaturated/α-hetero) is 1. The summed E-state index contributed by atoms with van der Waals surface area (Å²) in [5, 5.41) is 9.36. The van der Waals surface area contributed by atoms with Gasteiger partial charge in [0.1, 0.15) is 11.5 Å². The van der Waals surface area contributed by atoms with Crippen LogP contribution in [0.4, 0.5) is 0 Å². The molecule has 0 aromatic heterocycles. The fraction of sp³-hybridized carbons (Fsp3) is 0.190. The van der Waals surface area contributed by atoms with Crippen molar-refractivity contribution < 1.29 is 14.6 Å². The fourth-order valence-corrected chi connectivity index (χ4v) is 2.88. The third-order valence-corrected chi connectivity index (χ3v) is 4.14. The number of allylic oxidation sites excluding steroid dienone is 2. The smallest absolute Gasteiger partial charge is 0.185 e. The van der Waals surface area contributed by atoms with Gasteiger partial charge in [-0.3, -0.25) is 4.79 Å². The summed E-state index contributed by atoms with van der Waals surface area (Å²) in [6, 6.07) is 14.6. The van der Waals surface area contributed by atoms with Gasteiger partial charge < -0.3 is 9.84 Å². The van der Waals surface area contributed by atoms with Crippen LogP contribution in [0, 0.1) is 0 Å². The molecular formula is C21H20O3. The molecule has 1 saturated carbocycles. The minimum atomic E-state index is 0.108. The summed E-state index contributed by atoms with van der Waals surface area (Å²) in [5.41, 5.74) is 3.56. The number of carbonyl (C=O) groups is 1. The van der Waals surface area contributed by atoms with Crippen LogP contribution in [-0.4, -0.2) is 18.0 Å². The molecule has 1 aliphatic rings. The molecule has 3 rings (SSSR count). The summed E-state index contributed by atoms with van der Waals surface area (Å²) in [6.45, 7) is 0. The van der Waals surface area contributed by atoms with Crippen LogP contribution in [0.1, 0.15) is 30.4 Å². The minimum Gasteiger partial charge on any atom is -0.508 e. The lowest BCUT2D eigenvalue weighted by Gasteiger charge is -2.16. The van der Waals surface area contributed by atoms with E-state index in [-0.39, 0.29) is 11.5 Å². The first-order chi connectivity index (χ1) is 11.7. The van der Waals surface area contributed by atoms with Gasteiger partial charge in [0.15, 0.2) is 5.78 Å². The molecule has 24 heavy (non-hydrogen) atoms. The second-order valence-electron chi connectivity index (χ2n) is 5.89. The second kappa shape index (κ2) is 7.18. The average molecular weight is 320 g/mol. The number of ether oxygens (including phenoxy) is 1. The Kier molecular flexibility index (Phi) is 4.80. The summed E-state index contributed by atoms with van der Waals surface area (Å²) in [6.07, 6.45) is 6.42. The minimum absolute atomic E-state index is 0.108. The number of benzene rings is 2. The molecule has 2 aromatic rings. The highest BCUT2D eigenvalue weighted by atomic mass is 16.5. The molecule has 0 aliphatic heterocycles. The van der Waals surface area contributed by atoms with Crippen LogP contribution in [0.25, 0.3) is 12.2 Å². The lowest BCUT2D eigenvalue weighted by molar-refractivity contribution is -0.112. The van der Waals surface area contributed by atoms with Gasteiger partial charge in [0.25, 0.3) is 0 Å². The Bertz CT molecular complexity index is 798. The van der Waals surface area contributed by atoms with Gasteiger partial charge >= 0.3 is 0 Å². The molecule has 0 atom stereocenters. The highest BCUT2D eigenvalue weighted by Gasteiger charge is 2.20. The zero-order valence-corrected chi connectivity index (χ0v) is 13.7. The van der Waals surface area contributed by atoms with Gasteiger partial charge in [-0.1, -0.05) is 24.3 Å². The first-order valence-electron chi connectivity index (χ1n) is 8.04. The highest BCUT2D eigenvalue weighted by molar-refractivity contribution is 6.13. The monoisotopic (exact) mass is 320 g/mol. The van der Waals surface area contributed by atoms with E-state index >= 15 is 0 Å². The Labute approximate surface area is 141 Å². The number of phenolic OH excluding ortho intramolecular Hbond substituents is 1. The Morgan fingerprint density at radius 2 is 1.62 bits per heavy atom. The summed E-state index contributed by atoms with van der Waals surface area (Å²) >= 11 is 0. The van der Waals surface area contributed by atoms with Gasteiger partial charge in [0.05, 0.1) is 7.11 Å². The molecule has 0 spiro atoms. The quantitative estimate of drug-likeness (QED) is 0.839. The summed E-state index contributed by atoms with van der Waals surface area (Å²) < 4.78 is 5.23.